The standard InChI is InChI=1S/C9H7Br2NS/c10-3-5-4-13-7-2-1-6(11)9(12)8(5)7/h1-2,4H,3,12H2. The third-order valence-corrected chi connectivity index (χ3v) is 4.24. The number of nitrogens with two attached hydrogens (primary N) is 1. The molecule has 0 unspecified atom stereocenters. The largest absolute Gasteiger partial charge is 0.397 e. The van der Waals surface area contributed by atoms with Gasteiger partial charge in [0.1, 0.15) is 0 Å². The van der Waals surface area contributed by atoms with Crippen molar-refractivity contribution in [3.05, 3.63) is 27.5 Å². The summed E-state index contributed by atoms with van der Waals surface area (Å²) in [5.41, 5.74) is 8.08. The highest BCUT2D eigenvalue weighted by atomic mass is 79.9. The monoisotopic (exact) mass is 319 g/mol. The van der Waals surface area contributed by atoms with Crippen molar-refractivity contribution >= 4 is 59.0 Å². The number of thiophene rings is 1. The van der Waals surface area contributed by atoms with Gasteiger partial charge >= 0.3 is 0 Å². The minimum atomic E-state index is 0.841. The van der Waals surface area contributed by atoms with Crippen LogP contribution >= 0.6 is 43.2 Å². The molecule has 1 nitrogen and oxygen atoms in total. The third-order valence-electron chi connectivity index (χ3n) is 1.95. The second-order valence-corrected chi connectivity index (χ2v) is 5.06. The molecule has 0 atom stereocenters. The average molecular weight is 321 g/mol. The maximum atomic E-state index is 5.98. The molecule has 0 radical (unpaired) electrons. The van der Waals surface area contributed by atoms with Crippen molar-refractivity contribution < 1.29 is 0 Å². The Balaban J connectivity index is 2.85. The molecule has 68 valence electrons. The van der Waals surface area contributed by atoms with Crippen LogP contribution in [0, 0.1) is 0 Å². The van der Waals surface area contributed by atoms with Gasteiger partial charge in [-0.2, -0.15) is 0 Å². The van der Waals surface area contributed by atoms with Crippen molar-refractivity contribution in [2.24, 2.45) is 0 Å². The Kier molecular flexibility index (Phi) is 2.62. The molecule has 0 saturated heterocycles. The average Bonchev–Trinajstić information content (AvgIpc) is 2.55. The number of alkyl halides is 1. The van der Waals surface area contributed by atoms with Crippen LogP contribution in [-0.4, -0.2) is 0 Å². The van der Waals surface area contributed by atoms with Crippen molar-refractivity contribution in [1.29, 1.82) is 0 Å². The highest BCUT2D eigenvalue weighted by Gasteiger charge is 2.08. The quantitative estimate of drug-likeness (QED) is 0.620. The first-order valence-corrected chi connectivity index (χ1v) is 6.53. The van der Waals surface area contributed by atoms with Gasteiger partial charge < -0.3 is 5.73 Å². The van der Waals surface area contributed by atoms with Crippen LogP contribution in [0.4, 0.5) is 5.69 Å². The Morgan fingerprint density at radius 2 is 2.15 bits per heavy atom. The lowest BCUT2D eigenvalue weighted by atomic mass is 10.1. The second kappa shape index (κ2) is 3.59. The summed E-state index contributed by atoms with van der Waals surface area (Å²) in [4.78, 5) is 0. The SMILES string of the molecule is Nc1c(Br)ccc2scc(CBr)c12. The normalized spacial score (nSPS) is 10.9. The van der Waals surface area contributed by atoms with E-state index in [2.05, 4.69) is 43.3 Å². The molecule has 0 aliphatic rings. The topological polar surface area (TPSA) is 26.0 Å². The molecule has 0 fully saturated rings. The van der Waals surface area contributed by atoms with E-state index in [1.807, 2.05) is 6.07 Å². The fraction of sp³-hybridized carbons (Fsp3) is 0.111. The zero-order valence-electron chi connectivity index (χ0n) is 6.68. The molecule has 4 heteroatoms. The van der Waals surface area contributed by atoms with Crippen molar-refractivity contribution in [2.75, 3.05) is 5.73 Å². The number of hydrogen-bond acceptors (Lipinski definition) is 2. The van der Waals surface area contributed by atoms with Crippen LogP contribution < -0.4 is 5.73 Å². The molecular formula is C9H7Br2NS. The first-order chi connectivity index (χ1) is 6.24. The number of halogens is 2. The van der Waals surface area contributed by atoms with E-state index in [-0.39, 0.29) is 0 Å². The summed E-state index contributed by atoms with van der Waals surface area (Å²) in [6.07, 6.45) is 0. The predicted octanol–water partition coefficient (Wildman–Crippen LogP) is 4.14. The molecule has 2 rings (SSSR count). The predicted molar refractivity (Wildman–Crippen MR) is 66.6 cm³/mol. The van der Waals surface area contributed by atoms with Crippen LogP contribution in [-0.2, 0) is 5.33 Å². The molecule has 2 aromatic rings. The maximum absolute atomic E-state index is 5.98. The zero-order valence-corrected chi connectivity index (χ0v) is 10.7. The van der Waals surface area contributed by atoms with Gasteiger partial charge in [-0.1, -0.05) is 15.9 Å². The van der Waals surface area contributed by atoms with Crippen molar-refractivity contribution in [1.82, 2.24) is 0 Å². The molecule has 13 heavy (non-hydrogen) atoms. The van der Waals surface area contributed by atoms with Gasteiger partial charge in [-0.05, 0) is 39.0 Å². The lowest BCUT2D eigenvalue weighted by molar-refractivity contribution is 1.54. The minimum absolute atomic E-state index is 0.841. The van der Waals surface area contributed by atoms with Crippen LogP contribution in [0.3, 0.4) is 0 Å². The first-order valence-electron chi connectivity index (χ1n) is 3.74. The summed E-state index contributed by atoms with van der Waals surface area (Å²) in [5, 5.41) is 4.17. The van der Waals surface area contributed by atoms with E-state index in [1.165, 1.54) is 15.6 Å². The fourth-order valence-corrected chi connectivity index (χ4v) is 3.26. The van der Waals surface area contributed by atoms with Gasteiger partial charge in [0.15, 0.2) is 0 Å². The van der Waals surface area contributed by atoms with Gasteiger partial charge in [0, 0.05) is 19.9 Å². The molecule has 0 bridgehead atoms. The Morgan fingerprint density at radius 1 is 1.38 bits per heavy atom. The third kappa shape index (κ3) is 1.51. The summed E-state index contributed by atoms with van der Waals surface area (Å²) in [6, 6.07) is 4.08. The van der Waals surface area contributed by atoms with Crippen molar-refractivity contribution in [3.8, 4) is 0 Å². The van der Waals surface area contributed by atoms with Gasteiger partial charge in [0.2, 0.25) is 0 Å². The van der Waals surface area contributed by atoms with Crippen molar-refractivity contribution in [3.63, 3.8) is 0 Å². The first kappa shape index (κ1) is 9.49. The van der Waals surface area contributed by atoms with E-state index in [0.717, 1.165) is 15.5 Å². The smallest absolute Gasteiger partial charge is 0.0549 e. The summed E-state index contributed by atoms with van der Waals surface area (Å²) in [6.45, 7) is 0. The lowest BCUT2D eigenvalue weighted by Gasteiger charge is -2.01. The second-order valence-electron chi connectivity index (χ2n) is 2.73. The highest BCUT2D eigenvalue weighted by Crippen LogP contribution is 2.36. The molecule has 0 aliphatic heterocycles. The van der Waals surface area contributed by atoms with E-state index in [0.29, 0.717) is 0 Å². The van der Waals surface area contributed by atoms with E-state index in [1.54, 1.807) is 11.3 Å². The molecule has 1 heterocycles. The Bertz CT molecular complexity index is 450. The van der Waals surface area contributed by atoms with Gasteiger partial charge in [-0.25, -0.2) is 0 Å². The molecule has 1 aromatic heterocycles. The Morgan fingerprint density at radius 3 is 2.85 bits per heavy atom. The summed E-state index contributed by atoms with van der Waals surface area (Å²) in [7, 11) is 0. The van der Waals surface area contributed by atoms with Crippen LogP contribution in [0.15, 0.2) is 22.0 Å². The molecular weight excluding hydrogens is 314 g/mol. The number of anilines is 1. The zero-order chi connectivity index (χ0) is 9.42. The van der Waals surface area contributed by atoms with Crippen molar-refractivity contribution in [2.45, 2.75) is 5.33 Å². The van der Waals surface area contributed by atoms with Gasteiger partial charge in [-0.15, -0.1) is 11.3 Å². The number of benzene rings is 1. The van der Waals surface area contributed by atoms with Crippen LogP contribution in [0.2, 0.25) is 0 Å². The highest BCUT2D eigenvalue weighted by molar-refractivity contribution is 9.10. The fourth-order valence-electron chi connectivity index (χ4n) is 1.30. The van der Waals surface area contributed by atoms with Gasteiger partial charge in [0.25, 0.3) is 0 Å². The van der Waals surface area contributed by atoms with E-state index >= 15 is 0 Å². The molecule has 0 amide bonds. The number of rotatable bonds is 1. The molecule has 0 saturated carbocycles. The van der Waals surface area contributed by atoms with Crippen LogP contribution in [0.1, 0.15) is 5.56 Å². The van der Waals surface area contributed by atoms with E-state index in [9.17, 15) is 0 Å². The number of nitrogen functional groups attached to an aromatic ring is 1. The van der Waals surface area contributed by atoms with Gasteiger partial charge in [0.05, 0.1) is 5.69 Å². The summed E-state index contributed by atoms with van der Waals surface area (Å²) < 4.78 is 2.22. The molecule has 1 aromatic carbocycles. The van der Waals surface area contributed by atoms with Crippen LogP contribution in [0.5, 0.6) is 0 Å². The molecule has 0 spiro atoms. The molecule has 2 N–H and O–H groups in total. The number of hydrogen-bond donors (Lipinski definition) is 1. The van der Waals surface area contributed by atoms with Crippen LogP contribution in [0.25, 0.3) is 10.1 Å². The Hall–Kier alpha value is -0.0600. The Labute approximate surface area is 97.2 Å². The summed E-state index contributed by atoms with van der Waals surface area (Å²) >= 11 is 8.61. The maximum Gasteiger partial charge on any atom is 0.0549 e. The lowest BCUT2D eigenvalue weighted by Crippen LogP contribution is -1.88. The van der Waals surface area contributed by atoms with E-state index in [4.69, 9.17) is 5.73 Å². The summed E-state index contributed by atoms with van der Waals surface area (Å²) in [5.74, 6) is 0. The minimum Gasteiger partial charge on any atom is -0.397 e. The number of fused-ring (bicyclic) bond motifs is 1. The van der Waals surface area contributed by atoms with Gasteiger partial charge in [-0.3, -0.25) is 0 Å². The van der Waals surface area contributed by atoms with E-state index < -0.39 is 0 Å². The molecule has 0 aliphatic carbocycles.